The Bertz CT molecular complexity index is 1050. The van der Waals surface area contributed by atoms with Crippen molar-refractivity contribution in [3.05, 3.63) is 35.0 Å². The topological polar surface area (TPSA) is 136 Å². The highest BCUT2D eigenvalue weighted by atomic mass is 35.5. The molecule has 4 heterocycles. The van der Waals surface area contributed by atoms with Crippen LogP contribution >= 0.6 is 11.6 Å². The minimum Gasteiger partial charge on any atom is -0.448 e. The second-order valence-electron chi connectivity index (χ2n) is 7.27. The predicted molar refractivity (Wildman–Crippen MR) is 117 cm³/mol. The SMILES string of the molecule is C[C@H](COC(N)=O)Nc1nc(N2CC=C(c3ncc(Cl)cn3)CC2)nc2c1[S@](=O)CC2. The lowest BCUT2D eigenvalue weighted by Gasteiger charge is -2.27. The van der Waals surface area contributed by atoms with E-state index < -0.39 is 16.9 Å². The molecule has 4 rings (SSSR count). The second kappa shape index (κ2) is 9.15. The summed E-state index contributed by atoms with van der Waals surface area (Å²) in [4.78, 5) is 31.4. The highest BCUT2D eigenvalue weighted by Crippen LogP contribution is 2.31. The molecule has 0 fully saturated rings. The van der Waals surface area contributed by atoms with Gasteiger partial charge >= 0.3 is 6.09 Å². The number of nitrogens with one attached hydrogen (secondary N) is 1. The van der Waals surface area contributed by atoms with Crippen LogP contribution in [0.1, 0.15) is 24.9 Å². The van der Waals surface area contributed by atoms with E-state index in [1.807, 2.05) is 6.92 Å². The van der Waals surface area contributed by atoms with Crippen LogP contribution in [-0.4, -0.2) is 61.7 Å². The van der Waals surface area contributed by atoms with Crippen molar-refractivity contribution in [3.63, 3.8) is 0 Å². The maximum absolute atomic E-state index is 12.5. The van der Waals surface area contributed by atoms with Crippen LogP contribution in [0, 0.1) is 0 Å². The number of anilines is 2. The lowest BCUT2D eigenvalue weighted by molar-refractivity contribution is 0.153. The first-order valence-corrected chi connectivity index (χ1v) is 11.5. The molecule has 0 radical (unpaired) electrons. The Morgan fingerprint density at radius 3 is 2.81 bits per heavy atom. The lowest BCUT2D eigenvalue weighted by atomic mass is 10.1. The molecule has 0 unspecified atom stereocenters. The molecule has 0 spiro atoms. The molecule has 2 aliphatic heterocycles. The summed E-state index contributed by atoms with van der Waals surface area (Å²) in [5.74, 6) is 2.26. The molecule has 2 aromatic rings. The van der Waals surface area contributed by atoms with Gasteiger partial charge in [-0.3, -0.25) is 4.21 Å². The van der Waals surface area contributed by atoms with Crippen molar-refractivity contribution >= 4 is 45.8 Å². The number of carbonyl (C=O) groups is 1. The largest absolute Gasteiger partial charge is 0.448 e. The monoisotopic (exact) mass is 463 g/mol. The maximum atomic E-state index is 12.5. The molecule has 2 aliphatic rings. The number of carbonyl (C=O) groups excluding carboxylic acids is 1. The fraction of sp³-hybridized carbons (Fsp3) is 0.421. The zero-order valence-corrected chi connectivity index (χ0v) is 18.4. The van der Waals surface area contributed by atoms with E-state index in [1.165, 1.54) is 0 Å². The zero-order valence-electron chi connectivity index (χ0n) is 16.9. The number of amides is 1. The summed E-state index contributed by atoms with van der Waals surface area (Å²) in [6, 6.07) is -0.258. The van der Waals surface area contributed by atoms with E-state index in [0.717, 1.165) is 17.7 Å². The van der Waals surface area contributed by atoms with Gasteiger partial charge in [0.15, 0.2) is 5.82 Å². The summed E-state index contributed by atoms with van der Waals surface area (Å²) in [6.45, 7) is 3.20. The first kappa shape index (κ1) is 21.4. The van der Waals surface area contributed by atoms with Gasteiger partial charge in [-0.1, -0.05) is 17.7 Å². The number of fused-ring (bicyclic) bond motifs is 1. The molecule has 0 aliphatic carbocycles. The Morgan fingerprint density at radius 1 is 1.35 bits per heavy atom. The first-order chi connectivity index (χ1) is 14.9. The van der Waals surface area contributed by atoms with E-state index in [0.29, 0.717) is 52.8 Å². The molecule has 2 aromatic heterocycles. The third-order valence-electron chi connectivity index (χ3n) is 4.93. The van der Waals surface area contributed by atoms with Crippen molar-refractivity contribution in [1.29, 1.82) is 0 Å². The zero-order chi connectivity index (χ0) is 22.0. The summed E-state index contributed by atoms with van der Waals surface area (Å²) in [5.41, 5.74) is 6.87. The van der Waals surface area contributed by atoms with E-state index >= 15 is 0 Å². The average molecular weight is 464 g/mol. The van der Waals surface area contributed by atoms with Gasteiger partial charge in [0.2, 0.25) is 5.95 Å². The number of hydrogen-bond donors (Lipinski definition) is 2. The molecular formula is C19H22ClN7O3S. The summed E-state index contributed by atoms with van der Waals surface area (Å²) >= 11 is 5.87. The number of nitrogens with two attached hydrogens (primary N) is 1. The molecule has 12 heteroatoms. The minimum atomic E-state index is -1.16. The van der Waals surface area contributed by atoms with Gasteiger partial charge in [0.05, 0.1) is 27.6 Å². The Labute approximate surface area is 186 Å². The summed E-state index contributed by atoms with van der Waals surface area (Å²) in [7, 11) is -1.16. The van der Waals surface area contributed by atoms with Crippen LogP contribution in [0.5, 0.6) is 0 Å². The molecule has 2 atom stereocenters. The maximum Gasteiger partial charge on any atom is 0.404 e. The van der Waals surface area contributed by atoms with Crippen LogP contribution in [-0.2, 0) is 22.0 Å². The van der Waals surface area contributed by atoms with Crippen LogP contribution in [0.15, 0.2) is 23.4 Å². The standard InChI is InChI=1S/C19H22ClN7O3S/c1-11(10-30-18(21)28)24-17-15-14(4-7-31(15)29)25-19(26-17)27-5-2-12(3-6-27)16-22-8-13(20)9-23-16/h2,8-9,11H,3-7,10H2,1H3,(H2,21,28)(H,24,25,26)/t11-,31-/m1/s1. The lowest BCUT2D eigenvalue weighted by Crippen LogP contribution is -2.31. The minimum absolute atomic E-state index is 0.0764. The number of aromatic nitrogens is 4. The Kier molecular flexibility index (Phi) is 6.33. The predicted octanol–water partition coefficient (Wildman–Crippen LogP) is 1.77. The van der Waals surface area contributed by atoms with Crippen molar-refractivity contribution in [2.75, 3.05) is 35.7 Å². The number of primary amides is 1. The quantitative estimate of drug-likeness (QED) is 0.656. The third kappa shape index (κ3) is 4.93. The van der Waals surface area contributed by atoms with Crippen molar-refractivity contribution < 1.29 is 13.7 Å². The molecule has 0 saturated carbocycles. The van der Waals surface area contributed by atoms with Crippen molar-refractivity contribution in [2.45, 2.75) is 30.7 Å². The number of halogens is 1. The summed E-state index contributed by atoms with van der Waals surface area (Å²) in [5, 5.41) is 3.70. The van der Waals surface area contributed by atoms with E-state index in [-0.39, 0.29) is 12.6 Å². The Morgan fingerprint density at radius 2 is 2.13 bits per heavy atom. The fourth-order valence-corrected chi connectivity index (χ4v) is 4.85. The average Bonchev–Trinajstić information content (AvgIpc) is 3.14. The van der Waals surface area contributed by atoms with Gasteiger partial charge in [0.25, 0.3) is 0 Å². The highest BCUT2D eigenvalue weighted by Gasteiger charge is 2.28. The number of rotatable bonds is 6. The molecule has 1 amide bonds. The first-order valence-electron chi connectivity index (χ1n) is 9.80. The van der Waals surface area contributed by atoms with E-state index in [1.54, 1.807) is 12.4 Å². The van der Waals surface area contributed by atoms with Gasteiger partial charge in [-0.25, -0.2) is 19.7 Å². The van der Waals surface area contributed by atoms with Crippen LogP contribution in [0.25, 0.3) is 5.57 Å². The van der Waals surface area contributed by atoms with Crippen LogP contribution < -0.4 is 16.0 Å². The van der Waals surface area contributed by atoms with E-state index in [2.05, 4.69) is 36.2 Å². The molecule has 0 bridgehead atoms. The van der Waals surface area contributed by atoms with Gasteiger partial charge < -0.3 is 20.7 Å². The van der Waals surface area contributed by atoms with Gasteiger partial charge in [0, 0.05) is 37.7 Å². The van der Waals surface area contributed by atoms with Gasteiger partial charge in [-0.2, -0.15) is 4.98 Å². The number of aryl methyl sites for hydroxylation is 1. The molecular weight excluding hydrogens is 442 g/mol. The van der Waals surface area contributed by atoms with E-state index in [4.69, 9.17) is 22.1 Å². The van der Waals surface area contributed by atoms with E-state index in [9.17, 15) is 9.00 Å². The summed E-state index contributed by atoms with van der Waals surface area (Å²) < 4.78 is 17.3. The Hall–Kier alpha value is -2.79. The molecule has 164 valence electrons. The number of ether oxygens (including phenoxy) is 1. The number of nitrogens with zero attached hydrogens (tertiary/aromatic N) is 5. The van der Waals surface area contributed by atoms with Gasteiger partial charge in [0.1, 0.15) is 17.3 Å². The number of hydrogen-bond acceptors (Lipinski definition) is 9. The van der Waals surface area contributed by atoms with Crippen LogP contribution in [0.2, 0.25) is 5.02 Å². The van der Waals surface area contributed by atoms with Crippen molar-refractivity contribution in [2.24, 2.45) is 5.73 Å². The summed E-state index contributed by atoms with van der Waals surface area (Å²) in [6.07, 6.45) is 5.75. The fourth-order valence-electron chi connectivity index (χ4n) is 3.44. The third-order valence-corrected chi connectivity index (χ3v) is 6.59. The van der Waals surface area contributed by atoms with Gasteiger partial charge in [-0.05, 0) is 18.9 Å². The van der Waals surface area contributed by atoms with Crippen molar-refractivity contribution in [1.82, 2.24) is 19.9 Å². The second-order valence-corrected chi connectivity index (χ2v) is 9.22. The molecule has 0 saturated heterocycles. The molecule has 0 aromatic carbocycles. The smallest absolute Gasteiger partial charge is 0.404 e. The normalized spacial score (nSPS) is 18.8. The van der Waals surface area contributed by atoms with Gasteiger partial charge in [-0.15, -0.1) is 0 Å². The molecule has 10 nitrogen and oxygen atoms in total. The van der Waals surface area contributed by atoms with Crippen LogP contribution in [0.4, 0.5) is 16.6 Å². The van der Waals surface area contributed by atoms with Crippen LogP contribution in [0.3, 0.4) is 0 Å². The Balaban J connectivity index is 1.54. The molecule has 31 heavy (non-hydrogen) atoms. The molecule has 3 N–H and O–H groups in total. The highest BCUT2D eigenvalue weighted by molar-refractivity contribution is 7.85. The van der Waals surface area contributed by atoms with Crippen molar-refractivity contribution in [3.8, 4) is 0 Å².